The highest BCUT2D eigenvalue weighted by molar-refractivity contribution is 5.82. The Balaban J connectivity index is 1.65. The van der Waals surface area contributed by atoms with E-state index in [0.29, 0.717) is 0 Å². The van der Waals surface area contributed by atoms with Gasteiger partial charge in [-0.2, -0.15) is 0 Å². The molecule has 0 bridgehead atoms. The van der Waals surface area contributed by atoms with Crippen LogP contribution >= 0.6 is 0 Å². The van der Waals surface area contributed by atoms with E-state index < -0.39 is 0 Å². The summed E-state index contributed by atoms with van der Waals surface area (Å²) in [7, 11) is 3.36. The summed E-state index contributed by atoms with van der Waals surface area (Å²) in [6.45, 7) is 1.09. The molecule has 1 N–H and O–H groups in total. The van der Waals surface area contributed by atoms with Gasteiger partial charge in [0.1, 0.15) is 17.3 Å². The normalized spacial score (nSPS) is 12.8. The molecule has 0 saturated heterocycles. The molecule has 3 heterocycles. The number of benzene rings is 2. The monoisotopic (exact) mass is 385 g/mol. The summed E-state index contributed by atoms with van der Waals surface area (Å²) in [6.07, 6.45) is 4.46. The van der Waals surface area contributed by atoms with E-state index in [-0.39, 0.29) is 0 Å². The number of nitrogens with zero attached hydrogens (tertiary/aromatic N) is 2. The Morgan fingerprint density at radius 3 is 2.17 bits per heavy atom. The van der Waals surface area contributed by atoms with Gasteiger partial charge in [0.15, 0.2) is 0 Å². The molecule has 0 fully saturated rings. The van der Waals surface area contributed by atoms with Gasteiger partial charge in [0.2, 0.25) is 0 Å². The van der Waals surface area contributed by atoms with Gasteiger partial charge in [-0.1, -0.05) is 0 Å². The van der Waals surface area contributed by atoms with Crippen molar-refractivity contribution in [2.75, 3.05) is 14.2 Å². The van der Waals surface area contributed by atoms with Crippen molar-refractivity contribution in [1.82, 2.24) is 14.5 Å². The molecule has 5 nitrogen and oxygen atoms in total. The number of aromatic amines is 1. The van der Waals surface area contributed by atoms with Crippen molar-refractivity contribution in [3.8, 4) is 45.4 Å². The standard InChI is InChI=1S/C24H23N3O2/c1-28-18-9-5-16(6-10-18)22-23(17-7-11-19(29-2)12-8-17)26-24(25-22)20-13-15-27-14-3-4-21(20)27/h5-13,15H,3-4,14H2,1-2H3,(H,25,26). The zero-order valence-corrected chi connectivity index (χ0v) is 16.6. The predicted octanol–water partition coefficient (Wildman–Crippen LogP) is 5.18. The molecule has 5 rings (SSSR count). The van der Waals surface area contributed by atoms with Gasteiger partial charge in [-0.05, 0) is 67.4 Å². The highest BCUT2D eigenvalue weighted by Gasteiger charge is 2.21. The maximum absolute atomic E-state index is 5.32. The Morgan fingerprint density at radius 1 is 0.862 bits per heavy atom. The summed E-state index contributed by atoms with van der Waals surface area (Å²) in [5.41, 5.74) is 6.62. The maximum atomic E-state index is 5.32. The molecule has 1 aliphatic rings. The smallest absolute Gasteiger partial charge is 0.140 e. The second-order valence-electron chi connectivity index (χ2n) is 7.24. The first-order valence-corrected chi connectivity index (χ1v) is 9.84. The maximum Gasteiger partial charge on any atom is 0.140 e. The number of rotatable bonds is 5. The zero-order chi connectivity index (χ0) is 19.8. The fraction of sp³-hybridized carbons (Fsp3) is 0.208. The first-order valence-electron chi connectivity index (χ1n) is 9.84. The van der Waals surface area contributed by atoms with Crippen LogP contribution in [0.1, 0.15) is 12.1 Å². The minimum atomic E-state index is 0.834. The molecule has 1 aliphatic heterocycles. The van der Waals surface area contributed by atoms with Gasteiger partial charge in [-0.15, -0.1) is 0 Å². The molecule has 4 aromatic rings. The number of aryl methyl sites for hydroxylation is 1. The highest BCUT2D eigenvalue weighted by atomic mass is 16.5. The number of imidazole rings is 1. The molecular formula is C24H23N3O2. The van der Waals surface area contributed by atoms with Gasteiger partial charge >= 0.3 is 0 Å². The summed E-state index contributed by atoms with van der Waals surface area (Å²) in [6, 6.07) is 18.3. The third kappa shape index (κ3) is 3.09. The number of fused-ring (bicyclic) bond motifs is 1. The summed E-state index contributed by atoms with van der Waals surface area (Å²) in [5, 5.41) is 0. The van der Waals surface area contributed by atoms with Crippen LogP contribution in [0.4, 0.5) is 0 Å². The van der Waals surface area contributed by atoms with E-state index in [9.17, 15) is 0 Å². The van der Waals surface area contributed by atoms with Crippen molar-refractivity contribution >= 4 is 0 Å². The van der Waals surface area contributed by atoms with Crippen LogP contribution in [0, 0.1) is 0 Å². The van der Waals surface area contributed by atoms with E-state index >= 15 is 0 Å². The van der Waals surface area contributed by atoms with E-state index in [1.807, 2.05) is 24.3 Å². The van der Waals surface area contributed by atoms with Crippen LogP contribution in [0.3, 0.4) is 0 Å². The zero-order valence-electron chi connectivity index (χ0n) is 16.6. The molecule has 0 amide bonds. The quantitative estimate of drug-likeness (QED) is 0.515. The first-order chi connectivity index (χ1) is 14.3. The van der Waals surface area contributed by atoms with Crippen molar-refractivity contribution in [1.29, 1.82) is 0 Å². The fourth-order valence-corrected chi connectivity index (χ4v) is 4.05. The summed E-state index contributed by atoms with van der Waals surface area (Å²) in [5.74, 6) is 2.59. The molecule has 146 valence electrons. The van der Waals surface area contributed by atoms with Crippen molar-refractivity contribution in [2.45, 2.75) is 19.4 Å². The minimum absolute atomic E-state index is 0.834. The van der Waals surface area contributed by atoms with Crippen molar-refractivity contribution in [3.05, 3.63) is 66.5 Å². The Hall–Kier alpha value is -3.47. The van der Waals surface area contributed by atoms with Crippen molar-refractivity contribution < 1.29 is 9.47 Å². The lowest BCUT2D eigenvalue weighted by molar-refractivity contribution is 0.414. The fourth-order valence-electron chi connectivity index (χ4n) is 4.05. The molecule has 5 heteroatoms. The van der Waals surface area contributed by atoms with Gasteiger partial charge in [0.05, 0.1) is 25.6 Å². The van der Waals surface area contributed by atoms with Gasteiger partial charge < -0.3 is 19.0 Å². The SMILES string of the molecule is COc1ccc(-c2nc(-c3ccn4c3CCC4)[nH]c2-c2ccc(OC)cc2)cc1. The van der Waals surface area contributed by atoms with Gasteiger partial charge in [-0.25, -0.2) is 4.98 Å². The molecule has 2 aromatic heterocycles. The molecule has 0 atom stereocenters. The van der Waals surface area contributed by atoms with Crippen molar-refractivity contribution in [3.63, 3.8) is 0 Å². The summed E-state index contributed by atoms with van der Waals surface area (Å²) < 4.78 is 13.0. The molecule has 0 radical (unpaired) electrons. The van der Waals surface area contributed by atoms with Gasteiger partial charge in [0.25, 0.3) is 0 Å². The average Bonchev–Trinajstić information content (AvgIpc) is 3.49. The second kappa shape index (κ2) is 7.17. The topological polar surface area (TPSA) is 52.1 Å². The number of aromatic nitrogens is 3. The number of nitrogens with one attached hydrogen (secondary N) is 1. The van der Waals surface area contributed by atoms with Crippen LogP contribution in [0.5, 0.6) is 11.5 Å². The molecule has 0 aliphatic carbocycles. The number of ether oxygens (including phenoxy) is 2. The lowest BCUT2D eigenvalue weighted by Gasteiger charge is -2.06. The average molecular weight is 385 g/mol. The molecule has 0 spiro atoms. The first kappa shape index (κ1) is 17.6. The van der Waals surface area contributed by atoms with Crippen LogP contribution < -0.4 is 9.47 Å². The van der Waals surface area contributed by atoms with E-state index in [4.69, 9.17) is 14.5 Å². The van der Waals surface area contributed by atoms with Crippen LogP contribution in [0.25, 0.3) is 33.9 Å². The third-order valence-electron chi connectivity index (χ3n) is 5.59. The van der Waals surface area contributed by atoms with Crippen LogP contribution in [0.2, 0.25) is 0 Å². The van der Waals surface area contributed by atoms with Crippen LogP contribution in [0.15, 0.2) is 60.8 Å². The molecular weight excluding hydrogens is 362 g/mol. The second-order valence-corrected chi connectivity index (χ2v) is 7.24. The molecule has 0 unspecified atom stereocenters. The largest absolute Gasteiger partial charge is 0.497 e. The molecule has 2 aromatic carbocycles. The van der Waals surface area contributed by atoms with Gasteiger partial charge in [-0.3, -0.25) is 0 Å². The van der Waals surface area contributed by atoms with E-state index in [0.717, 1.165) is 52.8 Å². The predicted molar refractivity (Wildman–Crippen MR) is 114 cm³/mol. The summed E-state index contributed by atoms with van der Waals surface area (Å²) >= 11 is 0. The number of methoxy groups -OCH3 is 2. The number of H-pyrrole nitrogens is 1. The highest BCUT2D eigenvalue weighted by Crippen LogP contribution is 2.36. The Kier molecular flexibility index (Phi) is 4.35. The Morgan fingerprint density at radius 2 is 1.52 bits per heavy atom. The molecule has 29 heavy (non-hydrogen) atoms. The number of hydrogen-bond donors (Lipinski definition) is 1. The lowest BCUT2D eigenvalue weighted by Crippen LogP contribution is -1.90. The van der Waals surface area contributed by atoms with Gasteiger partial charge in [0, 0.05) is 35.1 Å². The van der Waals surface area contributed by atoms with Crippen LogP contribution in [-0.2, 0) is 13.0 Å². The van der Waals surface area contributed by atoms with E-state index in [1.165, 1.54) is 17.7 Å². The molecule has 0 saturated carbocycles. The Labute approximate surface area is 169 Å². The van der Waals surface area contributed by atoms with Crippen LogP contribution in [-0.4, -0.2) is 28.8 Å². The third-order valence-corrected chi connectivity index (χ3v) is 5.59. The van der Waals surface area contributed by atoms with E-state index in [2.05, 4.69) is 46.1 Å². The Bertz CT molecular complexity index is 1070. The minimum Gasteiger partial charge on any atom is -0.497 e. The number of hydrogen-bond acceptors (Lipinski definition) is 3. The van der Waals surface area contributed by atoms with Crippen molar-refractivity contribution in [2.24, 2.45) is 0 Å². The summed E-state index contributed by atoms with van der Waals surface area (Å²) in [4.78, 5) is 8.63. The lowest BCUT2D eigenvalue weighted by atomic mass is 10.0. The van der Waals surface area contributed by atoms with E-state index in [1.54, 1.807) is 14.2 Å².